The summed E-state index contributed by atoms with van der Waals surface area (Å²) in [5.74, 6) is 0.302. The van der Waals surface area contributed by atoms with E-state index in [4.69, 9.17) is 8.92 Å². The number of halogens is 1. The van der Waals surface area contributed by atoms with Gasteiger partial charge in [-0.2, -0.15) is 8.42 Å². The van der Waals surface area contributed by atoms with Crippen LogP contribution in [0, 0.1) is 0 Å². The van der Waals surface area contributed by atoms with Gasteiger partial charge in [0.25, 0.3) is 0 Å². The summed E-state index contributed by atoms with van der Waals surface area (Å²) in [5, 5.41) is 0. The highest BCUT2D eigenvalue weighted by Gasteiger charge is 2.28. The number of carbonyl (C=O) groups is 1. The lowest BCUT2D eigenvalue weighted by molar-refractivity contribution is 0.101. The van der Waals surface area contributed by atoms with Crippen LogP contribution in [-0.2, 0) is 10.1 Å². The number of Topliss-reactive ketones (excluding diaryl/α,β-unsaturated/α-hetero) is 1. The molecule has 7 heteroatoms. The zero-order valence-electron chi connectivity index (χ0n) is 11.9. The molecule has 0 saturated carbocycles. The van der Waals surface area contributed by atoms with E-state index in [2.05, 4.69) is 15.9 Å². The van der Waals surface area contributed by atoms with E-state index in [1.54, 1.807) is 6.08 Å². The van der Waals surface area contributed by atoms with Crippen molar-refractivity contribution in [1.29, 1.82) is 0 Å². The molecule has 3 rings (SSSR count). The summed E-state index contributed by atoms with van der Waals surface area (Å²) in [6, 6.07) is 11.7. The molecule has 0 amide bonds. The summed E-state index contributed by atoms with van der Waals surface area (Å²) in [4.78, 5) is 12.3. The first-order valence-electron chi connectivity index (χ1n) is 6.55. The summed E-state index contributed by atoms with van der Waals surface area (Å²) in [6.07, 6.45) is 2.58. The second-order valence-electron chi connectivity index (χ2n) is 4.94. The van der Waals surface area contributed by atoms with Crippen molar-refractivity contribution in [3.63, 3.8) is 0 Å². The number of ketones is 1. The first kappa shape index (κ1) is 15.8. The molecular formula is C16H11BrO5S. The molecule has 23 heavy (non-hydrogen) atoms. The quantitative estimate of drug-likeness (QED) is 0.589. The Morgan fingerprint density at radius 2 is 1.83 bits per heavy atom. The Bertz CT molecular complexity index is 914. The Kier molecular flexibility index (Phi) is 3.99. The van der Waals surface area contributed by atoms with Crippen LogP contribution in [0.4, 0.5) is 0 Å². The molecule has 1 heterocycles. The molecule has 0 saturated heterocycles. The standard InChI is InChI=1S/C16H11BrO5S/c1-23(19,20)22-12-6-7-13-14(9-12)21-15(16(13)18)8-10-2-4-11(17)5-3-10/h2-9H,1H3/b15-8-. The average Bonchev–Trinajstić information content (AvgIpc) is 2.76. The second kappa shape index (κ2) is 5.82. The first-order valence-corrected chi connectivity index (χ1v) is 9.16. The maximum Gasteiger partial charge on any atom is 0.306 e. The lowest BCUT2D eigenvalue weighted by Crippen LogP contribution is -2.05. The van der Waals surface area contributed by atoms with E-state index < -0.39 is 10.1 Å². The normalized spacial score (nSPS) is 15.4. The van der Waals surface area contributed by atoms with Gasteiger partial charge in [0.15, 0.2) is 5.76 Å². The number of rotatable bonds is 3. The van der Waals surface area contributed by atoms with Crippen molar-refractivity contribution in [1.82, 2.24) is 0 Å². The van der Waals surface area contributed by atoms with Gasteiger partial charge < -0.3 is 8.92 Å². The zero-order valence-corrected chi connectivity index (χ0v) is 14.3. The molecule has 1 aliphatic rings. The van der Waals surface area contributed by atoms with Crippen LogP contribution in [0.15, 0.2) is 52.7 Å². The smallest absolute Gasteiger partial charge is 0.306 e. The molecule has 0 fully saturated rings. The van der Waals surface area contributed by atoms with E-state index in [0.717, 1.165) is 16.3 Å². The Labute approximate surface area is 141 Å². The van der Waals surface area contributed by atoms with E-state index in [-0.39, 0.29) is 23.0 Å². The molecule has 0 radical (unpaired) electrons. The molecule has 0 spiro atoms. The fraction of sp³-hybridized carbons (Fsp3) is 0.0625. The molecule has 5 nitrogen and oxygen atoms in total. The van der Waals surface area contributed by atoms with Crippen LogP contribution in [0.3, 0.4) is 0 Å². The van der Waals surface area contributed by atoms with Gasteiger partial charge in [-0.05, 0) is 35.9 Å². The van der Waals surface area contributed by atoms with Crippen LogP contribution >= 0.6 is 15.9 Å². The number of allylic oxidation sites excluding steroid dienone is 1. The highest BCUT2D eigenvalue weighted by molar-refractivity contribution is 9.10. The van der Waals surface area contributed by atoms with Crippen molar-refractivity contribution in [3.8, 4) is 11.5 Å². The molecule has 0 unspecified atom stereocenters. The van der Waals surface area contributed by atoms with E-state index in [9.17, 15) is 13.2 Å². The van der Waals surface area contributed by atoms with Gasteiger partial charge in [0.05, 0.1) is 11.8 Å². The van der Waals surface area contributed by atoms with E-state index in [1.807, 2.05) is 24.3 Å². The van der Waals surface area contributed by atoms with Crippen molar-refractivity contribution in [2.45, 2.75) is 0 Å². The molecule has 118 valence electrons. The number of hydrogen-bond acceptors (Lipinski definition) is 5. The van der Waals surface area contributed by atoms with Gasteiger partial charge in [0.1, 0.15) is 11.5 Å². The van der Waals surface area contributed by atoms with Gasteiger partial charge in [0, 0.05) is 10.5 Å². The fourth-order valence-corrected chi connectivity index (χ4v) is 2.82. The first-order chi connectivity index (χ1) is 10.8. The third-order valence-electron chi connectivity index (χ3n) is 3.06. The Morgan fingerprint density at radius 3 is 2.48 bits per heavy atom. The SMILES string of the molecule is CS(=O)(=O)Oc1ccc2c(c1)O/C(=C\c1ccc(Br)cc1)C2=O. The highest BCUT2D eigenvalue weighted by atomic mass is 79.9. The van der Waals surface area contributed by atoms with Gasteiger partial charge in [-0.25, -0.2) is 0 Å². The molecule has 0 aliphatic carbocycles. The number of fused-ring (bicyclic) bond motifs is 1. The third kappa shape index (κ3) is 3.62. The average molecular weight is 395 g/mol. The summed E-state index contributed by atoms with van der Waals surface area (Å²) in [7, 11) is -3.63. The predicted octanol–water partition coefficient (Wildman–Crippen LogP) is 3.40. The van der Waals surface area contributed by atoms with Gasteiger partial charge >= 0.3 is 10.1 Å². The maximum absolute atomic E-state index is 12.3. The summed E-state index contributed by atoms with van der Waals surface area (Å²) in [5.41, 5.74) is 1.19. The molecule has 0 aromatic heterocycles. The number of benzene rings is 2. The Balaban J connectivity index is 1.91. The molecule has 0 atom stereocenters. The van der Waals surface area contributed by atoms with E-state index >= 15 is 0 Å². The van der Waals surface area contributed by atoms with Crippen LogP contribution in [0.25, 0.3) is 6.08 Å². The van der Waals surface area contributed by atoms with Gasteiger partial charge in [-0.15, -0.1) is 0 Å². The van der Waals surface area contributed by atoms with Crippen LogP contribution in [0.5, 0.6) is 11.5 Å². The second-order valence-corrected chi connectivity index (χ2v) is 7.43. The number of ether oxygens (including phenoxy) is 1. The zero-order chi connectivity index (χ0) is 16.6. The minimum atomic E-state index is -3.63. The van der Waals surface area contributed by atoms with Crippen molar-refractivity contribution in [2.24, 2.45) is 0 Å². The highest BCUT2D eigenvalue weighted by Crippen LogP contribution is 2.35. The van der Waals surface area contributed by atoms with Crippen molar-refractivity contribution < 1.29 is 22.1 Å². The molecular weight excluding hydrogens is 384 g/mol. The largest absolute Gasteiger partial charge is 0.452 e. The van der Waals surface area contributed by atoms with Crippen molar-refractivity contribution in [2.75, 3.05) is 6.26 Å². The Hall–Kier alpha value is -2.12. The predicted molar refractivity (Wildman–Crippen MR) is 89.0 cm³/mol. The van der Waals surface area contributed by atoms with Gasteiger partial charge in [-0.1, -0.05) is 28.1 Å². The van der Waals surface area contributed by atoms with Crippen LogP contribution < -0.4 is 8.92 Å². The fourth-order valence-electron chi connectivity index (χ4n) is 2.10. The van der Waals surface area contributed by atoms with E-state index in [0.29, 0.717) is 5.56 Å². The Morgan fingerprint density at radius 1 is 1.13 bits per heavy atom. The van der Waals surface area contributed by atoms with Crippen LogP contribution in [0.2, 0.25) is 0 Å². The summed E-state index contributed by atoms with van der Waals surface area (Å²) in [6.45, 7) is 0. The third-order valence-corrected chi connectivity index (χ3v) is 4.08. The maximum atomic E-state index is 12.3. The van der Waals surface area contributed by atoms with Crippen molar-refractivity contribution >= 4 is 37.9 Å². The molecule has 0 bridgehead atoms. The van der Waals surface area contributed by atoms with Crippen molar-refractivity contribution in [3.05, 3.63) is 63.8 Å². The minimum Gasteiger partial charge on any atom is -0.452 e. The summed E-state index contributed by atoms with van der Waals surface area (Å²) < 4.78 is 33.6. The van der Waals surface area contributed by atoms with Gasteiger partial charge in [0.2, 0.25) is 5.78 Å². The number of carbonyl (C=O) groups excluding carboxylic acids is 1. The lowest BCUT2D eigenvalue weighted by atomic mass is 10.1. The molecule has 0 N–H and O–H groups in total. The van der Waals surface area contributed by atoms with E-state index in [1.165, 1.54) is 18.2 Å². The minimum absolute atomic E-state index is 0.101. The number of hydrogen-bond donors (Lipinski definition) is 0. The molecule has 1 aliphatic heterocycles. The summed E-state index contributed by atoms with van der Waals surface area (Å²) >= 11 is 3.34. The monoisotopic (exact) mass is 394 g/mol. The van der Waals surface area contributed by atoms with Crippen LogP contribution in [0.1, 0.15) is 15.9 Å². The molecule has 2 aromatic carbocycles. The molecule has 2 aromatic rings. The van der Waals surface area contributed by atoms with Gasteiger partial charge in [-0.3, -0.25) is 4.79 Å². The van der Waals surface area contributed by atoms with Crippen LogP contribution in [-0.4, -0.2) is 20.5 Å². The lowest BCUT2D eigenvalue weighted by Gasteiger charge is -2.04. The topological polar surface area (TPSA) is 69.7 Å².